The second-order valence-corrected chi connectivity index (χ2v) is 6.37. The predicted octanol–water partition coefficient (Wildman–Crippen LogP) is 4.28. The lowest BCUT2D eigenvalue weighted by molar-refractivity contribution is 0.275. The molecule has 0 radical (unpaired) electrons. The van der Waals surface area contributed by atoms with Crippen LogP contribution < -0.4 is 10.6 Å². The van der Waals surface area contributed by atoms with Gasteiger partial charge in [0.05, 0.1) is 13.2 Å². The Hall–Kier alpha value is -1.67. The van der Waals surface area contributed by atoms with Crippen LogP contribution in [0.25, 0.3) is 0 Å². The van der Waals surface area contributed by atoms with Crippen molar-refractivity contribution in [2.24, 2.45) is 4.99 Å². The van der Waals surface area contributed by atoms with Gasteiger partial charge in [-0.25, -0.2) is 9.38 Å². The highest BCUT2D eigenvalue weighted by Gasteiger charge is 2.04. The topological polar surface area (TPSA) is 56.7 Å². The van der Waals surface area contributed by atoms with E-state index in [1.54, 1.807) is 12.1 Å². The Labute approximate surface area is 178 Å². The predicted molar refractivity (Wildman–Crippen MR) is 120 cm³/mol. The maximum Gasteiger partial charge on any atom is 0.191 e. The van der Waals surface area contributed by atoms with Crippen molar-refractivity contribution in [2.75, 3.05) is 6.54 Å². The molecule has 4 nitrogen and oxygen atoms in total. The van der Waals surface area contributed by atoms with E-state index in [1.165, 1.54) is 17.2 Å². The number of hydrogen-bond acceptors (Lipinski definition) is 2. The fourth-order valence-electron chi connectivity index (χ4n) is 2.47. The fourth-order valence-corrected chi connectivity index (χ4v) is 2.47. The van der Waals surface area contributed by atoms with Crippen LogP contribution in [0.15, 0.2) is 47.5 Å². The third kappa shape index (κ3) is 8.26. The van der Waals surface area contributed by atoms with Crippen molar-refractivity contribution in [2.45, 2.75) is 46.4 Å². The molecule has 0 unspecified atom stereocenters. The van der Waals surface area contributed by atoms with Gasteiger partial charge in [0.15, 0.2) is 5.96 Å². The summed E-state index contributed by atoms with van der Waals surface area (Å²) in [5.74, 6) is 0.341. The SMILES string of the molecule is CCCCNC(=NCc1ccc(F)c(CO)c1)NCc1ccc(C)cc1.I. The van der Waals surface area contributed by atoms with E-state index in [2.05, 4.69) is 53.7 Å². The highest BCUT2D eigenvalue weighted by Crippen LogP contribution is 2.11. The lowest BCUT2D eigenvalue weighted by Crippen LogP contribution is -2.37. The minimum absolute atomic E-state index is 0. The third-order valence-corrected chi connectivity index (χ3v) is 4.10. The number of nitrogens with one attached hydrogen (secondary N) is 2. The van der Waals surface area contributed by atoms with Gasteiger partial charge in [0.2, 0.25) is 0 Å². The average Bonchev–Trinajstić information content (AvgIpc) is 2.66. The van der Waals surface area contributed by atoms with Crippen LogP contribution >= 0.6 is 24.0 Å². The summed E-state index contributed by atoms with van der Waals surface area (Å²) in [5.41, 5.74) is 3.58. The second kappa shape index (κ2) is 12.7. The lowest BCUT2D eigenvalue weighted by atomic mass is 10.1. The molecule has 27 heavy (non-hydrogen) atoms. The van der Waals surface area contributed by atoms with E-state index in [1.807, 2.05) is 0 Å². The molecular weight excluding hydrogens is 456 g/mol. The maximum atomic E-state index is 13.5. The summed E-state index contributed by atoms with van der Waals surface area (Å²) in [7, 11) is 0. The van der Waals surface area contributed by atoms with Crippen LogP contribution in [0.2, 0.25) is 0 Å². The Bertz CT molecular complexity index is 720. The van der Waals surface area contributed by atoms with Crippen LogP contribution in [0.4, 0.5) is 4.39 Å². The molecule has 0 bridgehead atoms. The molecule has 0 aliphatic heterocycles. The number of aryl methyl sites for hydroxylation is 1. The van der Waals surface area contributed by atoms with Gasteiger partial charge >= 0.3 is 0 Å². The molecule has 0 aromatic heterocycles. The van der Waals surface area contributed by atoms with Crippen molar-refractivity contribution in [1.29, 1.82) is 0 Å². The number of guanidine groups is 1. The first-order chi connectivity index (χ1) is 12.6. The Balaban J connectivity index is 0.00000364. The summed E-state index contributed by atoms with van der Waals surface area (Å²) in [6, 6.07) is 13.1. The van der Waals surface area contributed by atoms with Gasteiger partial charge in [-0.05, 0) is 36.6 Å². The smallest absolute Gasteiger partial charge is 0.191 e. The van der Waals surface area contributed by atoms with E-state index in [0.717, 1.165) is 30.9 Å². The molecule has 0 atom stereocenters. The lowest BCUT2D eigenvalue weighted by Gasteiger charge is -2.13. The number of benzene rings is 2. The molecule has 6 heteroatoms. The molecule has 0 heterocycles. The van der Waals surface area contributed by atoms with Gasteiger partial charge < -0.3 is 15.7 Å². The number of aliphatic imine (C=N–C) groups is 1. The molecule has 0 aliphatic carbocycles. The van der Waals surface area contributed by atoms with Crippen LogP contribution in [0.3, 0.4) is 0 Å². The second-order valence-electron chi connectivity index (χ2n) is 6.37. The first-order valence-electron chi connectivity index (χ1n) is 9.08. The Morgan fingerprint density at radius 2 is 1.78 bits per heavy atom. The maximum absolute atomic E-state index is 13.5. The molecule has 0 amide bonds. The number of halogens is 2. The van der Waals surface area contributed by atoms with E-state index in [-0.39, 0.29) is 36.4 Å². The fraction of sp³-hybridized carbons (Fsp3) is 0.381. The van der Waals surface area contributed by atoms with Crippen molar-refractivity contribution < 1.29 is 9.50 Å². The standard InChI is InChI=1S/C21H28FN3O.HI/c1-3-4-11-23-21(24-13-17-7-5-16(2)6-8-17)25-14-18-9-10-20(22)19(12-18)15-26;/h5-10,12,26H,3-4,11,13-15H2,1-2H3,(H2,23,24,25);1H. The molecule has 0 aliphatic rings. The zero-order valence-corrected chi connectivity index (χ0v) is 18.3. The molecule has 0 saturated heterocycles. The van der Waals surface area contributed by atoms with Crippen molar-refractivity contribution in [3.8, 4) is 0 Å². The third-order valence-electron chi connectivity index (χ3n) is 4.10. The van der Waals surface area contributed by atoms with E-state index >= 15 is 0 Å². The Morgan fingerprint density at radius 3 is 2.44 bits per heavy atom. The highest BCUT2D eigenvalue weighted by atomic mass is 127. The highest BCUT2D eigenvalue weighted by molar-refractivity contribution is 14.0. The largest absolute Gasteiger partial charge is 0.392 e. The molecule has 0 fully saturated rings. The van der Waals surface area contributed by atoms with Crippen LogP contribution in [-0.2, 0) is 19.7 Å². The molecule has 148 valence electrons. The van der Waals surface area contributed by atoms with E-state index in [4.69, 9.17) is 0 Å². The molecule has 2 rings (SSSR count). The average molecular weight is 485 g/mol. The molecular formula is C21H29FIN3O. The number of unbranched alkanes of at least 4 members (excludes halogenated alkanes) is 1. The molecule has 0 saturated carbocycles. The summed E-state index contributed by atoms with van der Waals surface area (Å²) in [6.07, 6.45) is 2.17. The van der Waals surface area contributed by atoms with Crippen LogP contribution in [0, 0.1) is 12.7 Å². The monoisotopic (exact) mass is 485 g/mol. The van der Waals surface area contributed by atoms with Gasteiger partial charge in [0.25, 0.3) is 0 Å². The van der Waals surface area contributed by atoms with E-state index < -0.39 is 0 Å². The van der Waals surface area contributed by atoms with E-state index in [0.29, 0.717) is 18.7 Å². The molecule has 2 aromatic rings. The first-order valence-corrected chi connectivity index (χ1v) is 9.08. The minimum Gasteiger partial charge on any atom is -0.392 e. The van der Waals surface area contributed by atoms with Gasteiger partial charge in [-0.3, -0.25) is 0 Å². The number of aliphatic hydroxyl groups is 1. The Morgan fingerprint density at radius 1 is 1.07 bits per heavy atom. The number of nitrogens with zero attached hydrogens (tertiary/aromatic N) is 1. The summed E-state index contributed by atoms with van der Waals surface area (Å²) in [4.78, 5) is 4.59. The van der Waals surface area contributed by atoms with Crippen LogP contribution in [-0.4, -0.2) is 17.6 Å². The minimum atomic E-state index is -0.390. The zero-order valence-electron chi connectivity index (χ0n) is 16.0. The number of aliphatic hydroxyl groups excluding tert-OH is 1. The van der Waals surface area contributed by atoms with Gasteiger partial charge in [-0.15, -0.1) is 24.0 Å². The Kier molecular flexibility index (Phi) is 11.0. The first kappa shape index (κ1) is 23.4. The number of hydrogen-bond donors (Lipinski definition) is 3. The number of rotatable bonds is 8. The van der Waals surface area contributed by atoms with Crippen LogP contribution in [0.1, 0.15) is 42.0 Å². The molecule has 3 N–H and O–H groups in total. The van der Waals surface area contributed by atoms with Crippen molar-refractivity contribution in [3.05, 3.63) is 70.5 Å². The normalized spacial score (nSPS) is 11.0. The zero-order chi connectivity index (χ0) is 18.8. The van der Waals surface area contributed by atoms with Gasteiger partial charge in [0.1, 0.15) is 5.82 Å². The summed E-state index contributed by atoms with van der Waals surface area (Å²) in [6.45, 7) is 5.86. The molecule has 0 spiro atoms. The quantitative estimate of drug-likeness (QED) is 0.227. The van der Waals surface area contributed by atoms with Gasteiger partial charge in [-0.1, -0.05) is 49.2 Å². The summed E-state index contributed by atoms with van der Waals surface area (Å²) >= 11 is 0. The summed E-state index contributed by atoms with van der Waals surface area (Å²) in [5, 5.41) is 15.9. The van der Waals surface area contributed by atoms with Crippen molar-refractivity contribution in [3.63, 3.8) is 0 Å². The van der Waals surface area contributed by atoms with Crippen LogP contribution in [0.5, 0.6) is 0 Å². The van der Waals surface area contributed by atoms with Gasteiger partial charge in [-0.2, -0.15) is 0 Å². The van der Waals surface area contributed by atoms with Crippen molar-refractivity contribution >= 4 is 29.9 Å². The van der Waals surface area contributed by atoms with E-state index in [9.17, 15) is 9.50 Å². The summed E-state index contributed by atoms with van der Waals surface area (Å²) < 4.78 is 13.5. The van der Waals surface area contributed by atoms with Gasteiger partial charge in [0, 0.05) is 18.7 Å². The molecule has 2 aromatic carbocycles. The van der Waals surface area contributed by atoms with Crippen molar-refractivity contribution in [1.82, 2.24) is 10.6 Å².